The van der Waals surface area contributed by atoms with E-state index in [1.807, 2.05) is 0 Å². The lowest BCUT2D eigenvalue weighted by molar-refractivity contribution is 0.365. The van der Waals surface area contributed by atoms with Crippen molar-refractivity contribution in [3.8, 4) is 6.07 Å². The van der Waals surface area contributed by atoms with E-state index in [1.165, 1.54) is 0 Å². The van der Waals surface area contributed by atoms with E-state index in [4.69, 9.17) is 5.26 Å². The van der Waals surface area contributed by atoms with Crippen LogP contribution in [0.1, 0.15) is 35.8 Å². The van der Waals surface area contributed by atoms with Crippen LogP contribution in [0.5, 0.6) is 0 Å². The Balaban J connectivity index is 1.63. The molecule has 2 heterocycles. The molecule has 1 fully saturated rings. The Morgan fingerprint density at radius 2 is 2.24 bits per heavy atom. The molecule has 2 N–H and O–H groups in total. The molecule has 0 radical (unpaired) electrons. The zero-order valence-corrected chi connectivity index (χ0v) is 11.6. The molecule has 0 saturated heterocycles. The van der Waals surface area contributed by atoms with E-state index in [0.29, 0.717) is 29.2 Å². The van der Waals surface area contributed by atoms with Crippen molar-refractivity contribution in [3.63, 3.8) is 0 Å². The summed E-state index contributed by atoms with van der Waals surface area (Å²) < 4.78 is 0. The molecule has 0 aromatic carbocycles. The number of aromatic amines is 1. The van der Waals surface area contributed by atoms with Crippen LogP contribution in [0.3, 0.4) is 0 Å². The second kappa shape index (κ2) is 5.37. The number of nitrogens with one attached hydrogen (secondary N) is 2. The molecule has 106 valence electrons. The van der Waals surface area contributed by atoms with Crippen molar-refractivity contribution < 1.29 is 0 Å². The van der Waals surface area contributed by atoms with Crippen molar-refractivity contribution in [2.24, 2.45) is 0 Å². The summed E-state index contributed by atoms with van der Waals surface area (Å²) in [5, 5.41) is 12.2. The van der Waals surface area contributed by atoms with Crippen LogP contribution < -0.4 is 10.9 Å². The van der Waals surface area contributed by atoms with Gasteiger partial charge in [-0.3, -0.25) is 4.79 Å². The largest absolute Gasteiger partial charge is 0.367 e. The van der Waals surface area contributed by atoms with Crippen molar-refractivity contribution in [2.45, 2.75) is 31.7 Å². The smallest absolute Gasteiger partial charge is 0.251 e. The standard InChI is InChI=1S/C15H15N5O/c1-9-18-13(7-15(21)19-9)11-5-12(6-11)20-14-4-10(8-16)2-3-17-14/h2-4,7,11-12H,5-6H2,1H3,(H,17,20)(H,18,19,21). The van der Waals surface area contributed by atoms with Gasteiger partial charge in [-0.1, -0.05) is 0 Å². The first-order valence-electron chi connectivity index (χ1n) is 6.84. The molecule has 1 aliphatic carbocycles. The third kappa shape index (κ3) is 2.92. The first-order chi connectivity index (χ1) is 10.1. The number of rotatable bonds is 3. The molecule has 3 rings (SSSR count). The predicted octanol–water partition coefficient (Wildman–Crippen LogP) is 1.70. The Hall–Kier alpha value is -2.68. The normalized spacial score (nSPS) is 20.4. The summed E-state index contributed by atoms with van der Waals surface area (Å²) in [7, 11) is 0. The Morgan fingerprint density at radius 1 is 1.43 bits per heavy atom. The molecule has 6 nitrogen and oxygen atoms in total. The van der Waals surface area contributed by atoms with Gasteiger partial charge in [-0.25, -0.2) is 9.97 Å². The van der Waals surface area contributed by atoms with E-state index in [0.717, 1.165) is 18.5 Å². The highest BCUT2D eigenvalue weighted by molar-refractivity contribution is 5.43. The third-order valence-corrected chi connectivity index (χ3v) is 3.68. The highest BCUT2D eigenvalue weighted by atomic mass is 16.1. The highest BCUT2D eigenvalue weighted by Gasteiger charge is 2.31. The lowest BCUT2D eigenvalue weighted by Crippen LogP contribution is -2.35. The van der Waals surface area contributed by atoms with Crippen LogP contribution in [0.15, 0.2) is 29.2 Å². The van der Waals surface area contributed by atoms with Gasteiger partial charge in [0.1, 0.15) is 11.6 Å². The van der Waals surface area contributed by atoms with Gasteiger partial charge in [0.2, 0.25) is 0 Å². The number of aromatic nitrogens is 3. The number of H-pyrrole nitrogens is 1. The van der Waals surface area contributed by atoms with Gasteiger partial charge in [-0.05, 0) is 31.9 Å². The van der Waals surface area contributed by atoms with Crippen LogP contribution in [0, 0.1) is 18.3 Å². The number of nitrogens with zero attached hydrogens (tertiary/aromatic N) is 3. The van der Waals surface area contributed by atoms with Gasteiger partial charge < -0.3 is 10.3 Å². The summed E-state index contributed by atoms with van der Waals surface area (Å²) in [6.07, 6.45) is 3.45. The SMILES string of the molecule is Cc1nc(C2CC(Nc3cc(C#N)ccn3)C2)cc(=O)[nH]1. The van der Waals surface area contributed by atoms with Gasteiger partial charge in [0, 0.05) is 24.2 Å². The molecular formula is C15H15N5O. The Labute approximate surface area is 121 Å². The minimum absolute atomic E-state index is 0.0997. The van der Waals surface area contributed by atoms with E-state index < -0.39 is 0 Å². The molecule has 1 saturated carbocycles. The minimum Gasteiger partial charge on any atom is -0.367 e. The summed E-state index contributed by atoms with van der Waals surface area (Å²) in [6, 6.07) is 7.39. The van der Waals surface area contributed by atoms with Gasteiger partial charge in [-0.15, -0.1) is 0 Å². The molecule has 2 aromatic rings. The molecule has 0 atom stereocenters. The molecular weight excluding hydrogens is 266 g/mol. The quantitative estimate of drug-likeness (QED) is 0.893. The predicted molar refractivity (Wildman–Crippen MR) is 77.9 cm³/mol. The molecule has 0 bridgehead atoms. The first kappa shape index (κ1) is 13.3. The molecule has 0 aliphatic heterocycles. The van der Waals surface area contributed by atoms with Crippen LogP contribution in [0.4, 0.5) is 5.82 Å². The van der Waals surface area contributed by atoms with Crippen LogP contribution in [-0.4, -0.2) is 21.0 Å². The number of hydrogen-bond donors (Lipinski definition) is 2. The molecule has 1 aliphatic rings. The molecule has 2 aromatic heterocycles. The monoisotopic (exact) mass is 281 g/mol. The lowest BCUT2D eigenvalue weighted by Gasteiger charge is -2.35. The fourth-order valence-corrected chi connectivity index (χ4v) is 2.58. The second-order valence-corrected chi connectivity index (χ2v) is 5.31. The van der Waals surface area contributed by atoms with Crippen LogP contribution in [0.2, 0.25) is 0 Å². The van der Waals surface area contributed by atoms with E-state index in [2.05, 4.69) is 26.3 Å². The van der Waals surface area contributed by atoms with E-state index in [-0.39, 0.29) is 5.56 Å². The zero-order valence-electron chi connectivity index (χ0n) is 11.6. The second-order valence-electron chi connectivity index (χ2n) is 5.31. The van der Waals surface area contributed by atoms with Crippen LogP contribution in [-0.2, 0) is 0 Å². The van der Waals surface area contributed by atoms with Crippen molar-refractivity contribution in [2.75, 3.05) is 5.32 Å². The summed E-state index contributed by atoms with van der Waals surface area (Å²) in [5.41, 5.74) is 1.35. The van der Waals surface area contributed by atoms with Crippen molar-refractivity contribution >= 4 is 5.82 Å². The maximum Gasteiger partial charge on any atom is 0.251 e. The molecule has 21 heavy (non-hydrogen) atoms. The van der Waals surface area contributed by atoms with Crippen LogP contribution in [0.25, 0.3) is 0 Å². The number of pyridine rings is 1. The van der Waals surface area contributed by atoms with Gasteiger partial charge in [-0.2, -0.15) is 5.26 Å². The maximum atomic E-state index is 11.4. The maximum absolute atomic E-state index is 11.4. The number of aryl methyl sites for hydroxylation is 1. The van der Waals surface area contributed by atoms with Gasteiger partial charge in [0.05, 0.1) is 17.3 Å². The van der Waals surface area contributed by atoms with Gasteiger partial charge in [0.15, 0.2) is 0 Å². The Morgan fingerprint density at radius 3 is 2.95 bits per heavy atom. The lowest BCUT2D eigenvalue weighted by atomic mass is 9.78. The average Bonchev–Trinajstić information content (AvgIpc) is 2.41. The van der Waals surface area contributed by atoms with Gasteiger partial charge in [0.25, 0.3) is 5.56 Å². The molecule has 0 spiro atoms. The molecule has 0 unspecified atom stereocenters. The summed E-state index contributed by atoms with van der Waals surface area (Å²) in [5.74, 6) is 1.67. The average molecular weight is 281 g/mol. The first-order valence-corrected chi connectivity index (χ1v) is 6.84. The van der Waals surface area contributed by atoms with Crippen molar-refractivity contribution in [3.05, 3.63) is 51.8 Å². The highest BCUT2D eigenvalue weighted by Crippen LogP contribution is 2.36. The zero-order chi connectivity index (χ0) is 14.8. The third-order valence-electron chi connectivity index (χ3n) is 3.68. The number of hydrogen-bond acceptors (Lipinski definition) is 5. The topological polar surface area (TPSA) is 94.5 Å². The Bertz CT molecular complexity index is 755. The van der Waals surface area contributed by atoms with Crippen LogP contribution >= 0.6 is 0 Å². The van der Waals surface area contributed by atoms with E-state index in [9.17, 15) is 4.79 Å². The fourth-order valence-electron chi connectivity index (χ4n) is 2.58. The summed E-state index contributed by atoms with van der Waals surface area (Å²) in [4.78, 5) is 22.7. The van der Waals surface area contributed by atoms with E-state index >= 15 is 0 Å². The number of nitriles is 1. The summed E-state index contributed by atoms with van der Waals surface area (Å²) in [6.45, 7) is 1.79. The van der Waals surface area contributed by atoms with Gasteiger partial charge >= 0.3 is 0 Å². The fraction of sp³-hybridized carbons (Fsp3) is 0.333. The Kier molecular flexibility index (Phi) is 3.40. The summed E-state index contributed by atoms with van der Waals surface area (Å²) >= 11 is 0. The van der Waals surface area contributed by atoms with E-state index in [1.54, 1.807) is 31.3 Å². The minimum atomic E-state index is -0.0997. The molecule has 0 amide bonds. The van der Waals surface area contributed by atoms with Crippen molar-refractivity contribution in [1.29, 1.82) is 5.26 Å². The van der Waals surface area contributed by atoms with Crippen molar-refractivity contribution in [1.82, 2.24) is 15.0 Å². The number of anilines is 1. The molecule has 6 heteroatoms.